The number of hydrogen-bond donors (Lipinski definition) is 1. The maximum Gasteiger partial charge on any atom is 0.273 e. The summed E-state index contributed by atoms with van der Waals surface area (Å²) < 4.78 is 4.17. The first-order valence-corrected chi connectivity index (χ1v) is 6.89. The molecule has 0 saturated carbocycles. The van der Waals surface area contributed by atoms with Gasteiger partial charge in [-0.05, 0) is 24.3 Å². The summed E-state index contributed by atoms with van der Waals surface area (Å²) >= 11 is 5.59. The lowest BCUT2D eigenvalue weighted by Crippen LogP contribution is -2.43. The van der Waals surface area contributed by atoms with E-state index in [2.05, 4.69) is 26.8 Å². The van der Waals surface area contributed by atoms with Crippen LogP contribution in [0.5, 0.6) is 0 Å². The fraction of sp³-hybridized carbons (Fsp3) is 0.125. The van der Waals surface area contributed by atoms with Gasteiger partial charge < -0.3 is 5.32 Å². The van der Waals surface area contributed by atoms with Gasteiger partial charge in [-0.1, -0.05) is 42.5 Å². The van der Waals surface area contributed by atoms with Gasteiger partial charge in [0.25, 0.3) is 5.69 Å². The summed E-state index contributed by atoms with van der Waals surface area (Å²) in [7, 11) is 4.06. The van der Waals surface area contributed by atoms with E-state index < -0.39 is 0 Å². The highest BCUT2D eigenvalue weighted by Gasteiger charge is 2.23. The number of hydrogen-bond acceptors (Lipinski definition) is 1. The Kier molecular flexibility index (Phi) is 3.24. The Hall–Kier alpha value is -2.20. The van der Waals surface area contributed by atoms with Gasteiger partial charge in [-0.2, -0.15) is 4.68 Å². The maximum absolute atomic E-state index is 5.59. The minimum atomic E-state index is 0.732. The van der Waals surface area contributed by atoms with Crippen LogP contribution in [0.2, 0.25) is 0 Å². The zero-order valence-electron chi connectivity index (χ0n) is 11.5. The molecule has 3 rings (SSSR count). The molecule has 0 aliphatic heterocycles. The van der Waals surface area contributed by atoms with E-state index in [-0.39, 0.29) is 0 Å². The molecule has 0 saturated heterocycles. The topological polar surface area (TPSA) is 20.8 Å². The van der Waals surface area contributed by atoms with Crippen molar-refractivity contribution in [1.82, 2.24) is 4.68 Å². The third kappa shape index (κ3) is 2.08. The number of nitrogens with zero attached hydrogens (tertiary/aromatic N) is 2. The molecule has 1 heterocycles. The van der Waals surface area contributed by atoms with E-state index in [1.165, 1.54) is 5.52 Å². The molecule has 2 aromatic carbocycles. The molecule has 0 unspecified atom stereocenters. The van der Waals surface area contributed by atoms with Gasteiger partial charge in [0.2, 0.25) is 0 Å². The van der Waals surface area contributed by atoms with E-state index in [9.17, 15) is 0 Å². The number of rotatable bonds is 2. The summed E-state index contributed by atoms with van der Waals surface area (Å²) in [4.78, 5) is 0.732. The first-order valence-electron chi connectivity index (χ1n) is 6.48. The number of aryl methyl sites for hydroxylation is 1. The Balaban J connectivity index is 2.06. The maximum atomic E-state index is 5.59. The summed E-state index contributed by atoms with van der Waals surface area (Å²) in [6.07, 6.45) is 0. The van der Waals surface area contributed by atoms with Crippen molar-refractivity contribution >= 4 is 33.8 Å². The lowest BCUT2D eigenvalue weighted by Gasteiger charge is -2.04. The fourth-order valence-corrected chi connectivity index (χ4v) is 2.78. The number of anilines is 1. The highest BCUT2D eigenvalue weighted by molar-refractivity contribution is 7.81. The summed E-state index contributed by atoms with van der Waals surface area (Å²) in [6, 6.07) is 18.3. The van der Waals surface area contributed by atoms with Gasteiger partial charge in [0.05, 0.1) is 12.4 Å². The van der Waals surface area contributed by atoms with Crippen LogP contribution in [0.4, 0.5) is 5.69 Å². The number of thiocarbonyl (C=S) groups is 1. The molecule has 0 radical (unpaired) electrons. The predicted octanol–water partition coefficient (Wildman–Crippen LogP) is 2.79. The SMILES string of the molecule is Cn1c2ccccc2c(C(=S)Nc2ccccc2)[n+]1C. The Labute approximate surface area is 123 Å². The van der Waals surface area contributed by atoms with Crippen LogP contribution in [0.3, 0.4) is 0 Å². The van der Waals surface area contributed by atoms with Crippen molar-refractivity contribution < 1.29 is 4.68 Å². The number of aromatic nitrogens is 2. The van der Waals surface area contributed by atoms with E-state index in [0.717, 1.165) is 21.8 Å². The summed E-state index contributed by atoms with van der Waals surface area (Å²) in [5.41, 5.74) is 3.20. The van der Waals surface area contributed by atoms with Crippen molar-refractivity contribution in [3.63, 3.8) is 0 Å². The molecule has 3 nitrogen and oxygen atoms in total. The van der Waals surface area contributed by atoms with Crippen molar-refractivity contribution in [2.45, 2.75) is 0 Å². The van der Waals surface area contributed by atoms with Gasteiger partial charge in [0.1, 0.15) is 5.52 Å². The Morgan fingerprint density at radius 2 is 1.70 bits per heavy atom. The van der Waals surface area contributed by atoms with Crippen molar-refractivity contribution in [3.05, 3.63) is 60.3 Å². The lowest BCUT2D eigenvalue weighted by molar-refractivity contribution is -0.749. The molecule has 4 heteroatoms. The average Bonchev–Trinajstić information content (AvgIpc) is 2.72. The largest absolute Gasteiger partial charge is 0.341 e. The molecule has 0 amide bonds. The number of nitrogens with one attached hydrogen (secondary N) is 1. The molecule has 0 atom stereocenters. The Morgan fingerprint density at radius 1 is 1.05 bits per heavy atom. The lowest BCUT2D eigenvalue weighted by atomic mass is 10.2. The number of para-hydroxylation sites is 2. The van der Waals surface area contributed by atoms with Gasteiger partial charge in [0.15, 0.2) is 12.0 Å². The van der Waals surface area contributed by atoms with E-state index >= 15 is 0 Å². The van der Waals surface area contributed by atoms with Gasteiger partial charge in [-0.25, -0.2) is 0 Å². The van der Waals surface area contributed by atoms with Crippen molar-refractivity contribution in [3.8, 4) is 0 Å². The smallest absolute Gasteiger partial charge is 0.273 e. The standard InChI is InChI=1S/C16H15N3S/c1-18-14-11-7-6-10-13(14)15(19(18)2)16(20)17-12-8-4-3-5-9-12/h3-11H,1-2H3/p+1. The molecule has 0 aliphatic carbocycles. The second kappa shape index (κ2) is 5.06. The minimum absolute atomic E-state index is 0.732. The average molecular weight is 282 g/mol. The number of fused-ring (bicyclic) bond motifs is 1. The van der Waals surface area contributed by atoms with Crippen LogP contribution in [-0.4, -0.2) is 9.67 Å². The van der Waals surface area contributed by atoms with Crippen LogP contribution in [-0.2, 0) is 14.1 Å². The van der Waals surface area contributed by atoms with Crippen molar-refractivity contribution in [2.24, 2.45) is 14.1 Å². The molecule has 0 bridgehead atoms. The van der Waals surface area contributed by atoms with Crippen LogP contribution >= 0.6 is 12.2 Å². The summed E-state index contributed by atoms with van der Waals surface area (Å²) in [5, 5.41) is 4.46. The Morgan fingerprint density at radius 3 is 2.45 bits per heavy atom. The van der Waals surface area contributed by atoms with Crippen molar-refractivity contribution in [2.75, 3.05) is 5.32 Å². The normalized spacial score (nSPS) is 10.7. The molecular formula is C16H16N3S+. The number of benzene rings is 2. The molecule has 0 fully saturated rings. The van der Waals surface area contributed by atoms with E-state index in [1.54, 1.807) is 0 Å². The second-order valence-corrected chi connectivity index (χ2v) is 5.14. The summed E-state index contributed by atoms with van der Waals surface area (Å²) in [5.74, 6) is 0. The van der Waals surface area contributed by atoms with Crippen LogP contribution in [0.25, 0.3) is 10.9 Å². The summed E-state index contributed by atoms with van der Waals surface area (Å²) in [6.45, 7) is 0. The van der Waals surface area contributed by atoms with Gasteiger partial charge in [0, 0.05) is 5.69 Å². The zero-order chi connectivity index (χ0) is 14.1. The quantitative estimate of drug-likeness (QED) is 0.576. The molecule has 3 aromatic rings. The zero-order valence-corrected chi connectivity index (χ0v) is 12.3. The first kappa shape index (κ1) is 12.8. The van der Waals surface area contributed by atoms with E-state index in [0.29, 0.717) is 0 Å². The monoisotopic (exact) mass is 282 g/mol. The van der Waals surface area contributed by atoms with Crippen LogP contribution in [0.15, 0.2) is 54.6 Å². The third-order valence-electron chi connectivity index (χ3n) is 3.53. The van der Waals surface area contributed by atoms with E-state index in [4.69, 9.17) is 12.2 Å². The highest BCUT2D eigenvalue weighted by atomic mass is 32.1. The van der Waals surface area contributed by atoms with Crippen LogP contribution in [0, 0.1) is 0 Å². The van der Waals surface area contributed by atoms with Crippen molar-refractivity contribution in [1.29, 1.82) is 0 Å². The van der Waals surface area contributed by atoms with Gasteiger partial charge in [-0.3, -0.25) is 0 Å². The van der Waals surface area contributed by atoms with Gasteiger partial charge in [-0.15, -0.1) is 4.68 Å². The first-order chi connectivity index (χ1) is 9.68. The molecule has 0 spiro atoms. The van der Waals surface area contributed by atoms with E-state index in [1.807, 2.05) is 56.6 Å². The predicted molar refractivity (Wildman–Crippen MR) is 85.9 cm³/mol. The second-order valence-electron chi connectivity index (χ2n) is 4.73. The van der Waals surface area contributed by atoms with Crippen LogP contribution in [0.1, 0.15) is 5.69 Å². The minimum Gasteiger partial charge on any atom is -0.341 e. The highest BCUT2D eigenvalue weighted by Crippen LogP contribution is 2.18. The third-order valence-corrected chi connectivity index (χ3v) is 3.82. The molecular weight excluding hydrogens is 266 g/mol. The molecule has 1 aromatic heterocycles. The fourth-order valence-electron chi connectivity index (χ4n) is 2.42. The van der Waals surface area contributed by atoms with Crippen LogP contribution < -0.4 is 10.00 Å². The van der Waals surface area contributed by atoms with Gasteiger partial charge >= 0.3 is 0 Å². The molecule has 20 heavy (non-hydrogen) atoms. The molecule has 100 valence electrons. The Bertz CT molecular complexity index is 775. The molecule has 0 aliphatic rings. The molecule has 1 N–H and O–H groups in total.